The topological polar surface area (TPSA) is 61.8 Å². The SMILES string of the molecule is N#Cc1ccc2c(c1)nc(CCCCO)n2C1CC1. The number of aryl methyl sites for hydroxylation is 1. The number of aliphatic hydroxyl groups is 1. The van der Waals surface area contributed by atoms with Gasteiger partial charge in [-0.1, -0.05) is 0 Å². The maximum atomic E-state index is 8.96. The van der Waals surface area contributed by atoms with Crippen molar-refractivity contribution in [2.24, 2.45) is 0 Å². The number of hydrogen-bond acceptors (Lipinski definition) is 3. The number of nitriles is 1. The molecule has 1 aliphatic carbocycles. The van der Waals surface area contributed by atoms with Crippen LogP contribution in [0.15, 0.2) is 18.2 Å². The van der Waals surface area contributed by atoms with Crippen molar-refractivity contribution in [2.45, 2.75) is 38.1 Å². The molecule has 1 aliphatic rings. The van der Waals surface area contributed by atoms with Gasteiger partial charge in [-0.05, 0) is 43.9 Å². The Balaban J connectivity index is 2.00. The quantitative estimate of drug-likeness (QED) is 0.835. The third-order valence-corrected chi connectivity index (χ3v) is 3.61. The molecule has 1 fully saturated rings. The zero-order valence-corrected chi connectivity index (χ0v) is 10.8. The van der Waals surface area contributed by atoms with Crippen LogP contribution < -0.4 is 0 Å². The Morgan fingerprint density at radius 2 is 2.21 bits per heavy atom. The van der Waals surface area contributed by atoms with Gasteiger partial charge < -0.3 is 9.67 Å². The van der Waals surface area contributed by atoms with Crippen LogP contribution in [-0.2, 0) is 6.42 Å². The predicted octanol–water partition coefficient (Wildman–Crippen LogP) is 2.56. The molecule has 1 N–H and O–H groups in total. The highest BCUT2D eigenvalue weighted by Crippen LogP contribution is 2.39. The molecule has 0 saturated heterocycles. The fourth-order valence-corrected chi connectivity index (χ4v) is 2.53. The molecule has 0 atom stereocenters. The molecule has 98 valence electrons. The van der Waals surface area contributed by atoms with Gasteiger partial charge in [0.15, 0.2) is 0 Å². The third kappa shape index (κ3) is 2.34. The van der Waals surface area contributed by atoms with E-state index in [2.05, 4.69) is 15.6 Å². The molecule has 2 aromatic rings. The van der Waals surface area contributed by atoms with E-state index in [1.54, 1.807) is 0 Å². The lowest BCUT2D eigenvalue weighted by atomic mass is 10.2. The summed E-state index contributed by atoms with van der Waals surface area (Å²) in [4.78, 5) is 4.68. The van der Waals surface area contributed by atoms with Crippen LogP contribution in [0.25, 0.3) is 11.0 Å². The van der Waals surface area contributed by atoms with E-state index in [-0.39, 0.29) is 6.61 Å². The van der Waals surface area contributed by atoms with Crippen molar-refractivity contribution in [3.05, 3.63) is 29.6 Å². The molecule has 3 rings (SSSR count). The Morgan fingerprint density at radius 3 is 2.89 bits per heavy atom. The number of aliphatic hydroxyl groups excluding tert-OH is 1. The van der Waals surface area contributed by atoms with Crippen LogP contribution in [0.4, 0.5) is 0 Å². The molecule has 1 aromatic heterocycles. The summed E-state index contributed by atoms with van der Waals surface area (Å²) in [5, 5.41) is 17.8. The summed E-state index contributed by atoms with van der Waals surface area (Å²) in [6.07, 6.45) is 5.11. The fourth-order valence-electron chi connectivity index (χ4n) is 2.53. The molecular weight excluding hydrogens is 238 g/mol. The van der Waals surface area contributed by atoms with Crippen LogP contribution in [0.2, 0.25) is 0 Å². The van der Waals surface area contributed by atoms with E-state index in [1.807, 2.05) is 18.2 Å². The largest absolute Gasteiger partial charge is 0.396 e. The standard InChI is InChI=1S/C15H17N3O/c16-10-11-4-7-14-13(9-11)17-15(3-1-2-8-19)18(14)12-5-6-12/h4,7,9,12,19H,1-3,5-6,8H2. The van der Waals surface area contributed by atoms with Gasteiger partial charge in [-0.15, -0.1) is 0 Å². The highest BCUT2D eigenvalue weighted by atomic mass is 16.2. The minimum absolute atomic E-state index is 0.238. The molecule has 0 unspecified atom stereocenters. The van der Waals surface area contributed by atoms with E-state index in [4.69, 9.17) is 10.4 Å². The Kier molecular flexibility index (Phi) is 3.22. The lowest BCUT2D eigenvalue weighted by Gasteiger charge is -2.07. The molecular formula is C15H17N3O. The van der Waals surface area contributed by atoms with Crippen molar-refractivity contribution in [3.63, 3.8) is 0 Å². The summed E-state index contributed by atoms with van der Waals surface area (Å²) >= 11 is 0. The second kappa shape index (κ2) is 5.02. The number of fused-ring (bicyclic) bond motifs is 1. The normalized spacial score (nSPS) is 14.7. The number of nitrogens with zero attached hydrogens (tertiary/aromatic N) is 3. The Morgan fingerprint density at radius 1 is 1.37 bits per heavy atom. The van der Waals surface area contributed by atoms with Crippen LogP contribution in [0.1, 0.15) is 43.1 Å². The summed E-state index contributed by atoms with van der Waals surface area (Å²) in [6, 6.07) is 8.48. The minimum atomic E-state index is 0.238. The molecule has 0 spiro atoms. The number of benzene rings is 1. The van der Waals surface area contributed by atoms with E-state index in [0.717, 1.165) is 36.1 Å². The van der Waals surface area contributed by atoms with Gasteiger partial charge >= 0.3 is 0 Å². The van der Waals surface area contributed by atoms with Gasteiger partial charge in [0.1, 0.15) is 5.82 Å². The van der Waals surface area contributed by atoms with Crippen molar-refractivity contribution in [3.8, 4) is 6.07 Å². The number of imidazole rings is 1. The molecule has 1 saturated carbocycles. The van der Waals surface area contributed by atoms with Crippen molar-refractivity contribution in [1.82, 2.24) is 9.55 Å². The summed E-state index contributed by atoms with van der Waals surface area (Å²) in [6.45, 7) is 0.238. The predicted molar refractivity (Wildman–Crippen MR) is 72.7 cm³/mol. The minimum Gasteiger partial charge on any atom is -0.396 e. The summed E-state index contributed by atoms with van der Waals surface area (Å²) in [7, 11) is 0. The molecule has 0 radical (unpaired) electrons. The molecule has 0 aliphatic heterocycles. The lowest BCUT2D eigenvalue weighted by molar-refractivity contribution is 0.284. The van der Waals surface area contributed by atoms with Crippen LogP contribution in [0.3, 0.4) is 0 Å². The molecule has 19 heavy (non-hydrogen) atoms. The number of unbranched alkanes of at least 4 members (excludes halogenated alkanes) is 1. The smallest absolute Gasteiger partial charge is 0.110 e. The van der Waals surface area contributed by atoms with Crippen molar-refractivity contribution in [2.75, 3.05) is 6.61 Å². The van der Waals surface area contributed by atoms with Crippen LogP contribution in [0, 0.1) is 11.3 Å². The maximum absolute atomic E-state index is 8.96. The lowest BCUT2D eigenvalue weighted by Crippen LogP contribution is -2.02. The van der Waals surface area contributed by atoms with Gasteiger partial charge in [-0.2, -0.15) is 5.26 Å². The van der Waals surface area contributed by atoms with Gasteiger partial charge in [0.25, 0.3) is 0 Å². The first-order chi connectivity index (χ1) is 9.33. The van der Waals surface area contributed by atoms with Crippen molar-refractivity contribution in [1.29, 1.82) is 5.26 Å². The molecule has 4 heteroatoms. The second-order valence-electron chi connectivity index (χ2n) is 5.13. The first-order valence-electron chi connectivity index (χ1n) is 6.85. The average Bonchev–Trinajstić information content (AvgIpc) is 3.20. The monoisotopic (exact) mass is 255 g/mol. The number of hydrogen-bond donors (Lipinski definition) is 1. The molecule has 0 amide bonds. The third-order valence-electron chi connectivity index (χ3n) is 3.61. The summed E-state index contributed by atoms with van der Waals surface area (Å²) in [5.74, 6) is 1.10. The van der Waals surface area contributed by atoms with Crippen LogP contribution >= 0.6 is 0 Å². The molecule has 0 bridgehead atoms. The van der Waals surface area contributed by atoms with Crippen molar-refractivity contribution >= 4 is 11.0 Å². The highest BCUT2D eigenvalue weighted by Gasteiger charge is 2.27. The van der Waals surface area contributed by atoms with E-state index < -0.39 is 0 Å². The van der Waals surface area contributed by atoms with Gasteiger partial charge in [0.2, 0.25) is 0 Å². The van der Waals surface area contributed by atoms with E-state index >= 15 is 0 Å². The van der Waals surface area contributed by atoms with Crippen LogP contribution in [0.5, 0.6) is 0 Å². The highest BCUT2D eigenvalue weighted by molar-refractivity contribution is 5.78. The second-order valence-corrected chi connectivity index (χ2v) is 5.13. The summed E-state index contributed by atoms with van der Waals surface area (Å²) < 4.78 is 2.33. The first kappa shape index (κ1) is 12.2. The van der Waals surface area contributed by atoms with Crippen LogP contribution in [-0.4, -0.2) is 21.3 Å². The van der Waals surface area contributed by atoms with Gasteiger partial charge in [-0.3, -0.25) is 0 Å². The van der Waals surface area contributed by atoms with E-state index in [9.17, 15) is 0 Å². The van der Waals surface area contributed by atoms with Gasteiger partial charge in [-0.25, -0.2) is 4.98 Å². The van der Waals surface area contributed by atoms with E-state index in [1.165, 1.54) is 12.8 Å². The fraction of sp³-hybridized carbons (Fsp3) is 0.467. The Bertz CT molecular complexity index is 635. The zero-order valence-electron chi connectivity index (χ0n) is 10.8. The Hall–Kier alpha value is -1.86. The van der Waals surface area contributed by atoms with Gasteiger partial charge in [0, 0.05) is 19.1 Å². The first-order valence-corrected chi connectivity index (χ1v) is 6.85. The number of aromatic nitrogens is 2. The molecule has 4 nitrogen and oxygen atoms in total. The maximum Gasteiger partial charge on any atom is 0.110 e. The molecule has 1 heterocycles. The van der Waals surface area contributed by atoms with Crippen molar-refractivity contribution < 1.29 is 5.11 Å². The average molecular weight is 255 g/mol. The zero-order chi connectivity index (χ0) is 13.2. The number of rotatable bonds is 5. The Labute approximate surface area is 112 Å². The molecule has 1 aromatic carbocycles. The van der Waals surface area contributed by atoms with Gasteiger partial charge in [0.05, 0.1) is 22.7 Å². The van der Waals surface area contributed by atoms with E-state index in [0.29, 0.717) is 11.6 Å². The summed E-state index contributed by atoms with van der Waals surface area (Å²) in [5.41, 5.74) is 2.72.